The maximum absolute atomic E-state index is 11.5. The van der Waals surface area contributed by atoms with E-state index in [9.17, 15) is 9.59 Å². The Morgan fingerprint density at radius 2 is 2.11 bits per heavy atom. The van der Waals surface area contributed by atoms with Crippen LogP contribution in [0.5, 0.6) is 0 Å². The van der Waals surface area contributed by atoms with Crippen LogP contribution in [0, 0.1) is 6.92 Å². The first-order valence-electron chi connectivity index (χ1n) is 5.96. The number of nitrogens with zero attached hydrogens (tertiary/aromatic N) is 1. The standard InChI is InChI=1S/C13H18N2O3/c1-3-18-13(17)8-7-12(16)14-9-11-6-4-5-10(2)15-11/h4-6H,3,7-9H2,1-2H3,(H,14,16). The minimum atomic E-state index is -0.346. The molecule has 0 radical (unpaired) electrons. The van der Waals surface area contributed by atoms with Gasteiger partial charge in [-0.05, 0) is 26.0 Å². The molecular weight excluding hydrogens is 232 g/mol. The van der Waals surface area contributed by atoms with Crippen molar-refractivity contribution in [2.24, 2.45) is 0 Å². The summed E-state index contributed by atoms with van der Waals surface area (Å²) in [6.45, 7) is 4.35. The summed E-state index contributed by atoms with van der Waals surface area (Å²) in [7, 11) is 0. The molecule has 1 amide bonds. The van der Waals surface area contributed by atoms with Crippen molar-refractivity contribution >= 4 is 11.9 Å². The molecule has 18 heavy (non-hydrogen) atoms. The number of pyridine rings is 1. The molecule has 5 heteroatoms. The van der Waals surface area contributed by atoms with Gasteiger partial charge in [0.25, 0.3) is 0 Å². The van der Waals surface area contributed by atoms with E-state index in [1.54, 1.807) is 6.92 Å². The van der Waals surface area contributed by atoms with Crippen LogP contribution in [0.2, 0.25) is 0 Å². The lowest BCUT2D eigenvalue weighted by Crippen LogP contribution is -2.24. The second-order valence-electron chi connectivity index (χ2n) is 3.85. The highest BCUT2D eigenvalue weighted by atomic mass is 16.5. The summed E-state index contributed by atoms with van der Waals surface area (Å²) in [6, 6.07) is 5.63. The van der Waals surface area contributed by atoms with Crippen molar-refractivity contribution in [3.63, 3.8) is 0 Å². The topological polar surface area (TPSA) is 68.3 Å². The maximum Gasteiger partial charge on any atom is 0.306 e. The van der Waals surface area contributed by atoms with Crippen molar-refractivity contribution in [1.82, 2.24) is 10.3 Å². The fraction of sp³-hybridized carbons (Fsp3) is 0.462. The zero-order chi connectivity index (χ0) is 13.4. The summed E-state index contributed by atoms with van der Waals surface area (Å²) in [6.07, 6.45) is 0.256. The van der Waals surface area contributed by atoms with Crippen molar-refractivity contribution in [3.05, 3.63) is 29.6 Å². The van der Waals surface area contributed by atoms with Crippen LogP contribution in [0.3, 0.4) is 0 Å². The largest absolute Gasteiger partial charge is 0.466 e. The Balaban J connectivity index is 2.27. The molecule has 1 aromatic rings. The molecule has 1 rings (SSSR count). The molecule has 5 nitrogen and oxygen atoms in total. The molecule has 1 aromatic heterocycles. The Hall–Kier alpha value is -1.91. The Kier molecular flexibility index (Phi) is 5.84. The molecule has 1 N–H and O–H groups in total. The van der Waals surface area contributed by atoms with Gasteiger partial charge in [0, 0.05) is 12.1 Å². The number of esters is 1. The average molecular weight is 250 g/mol. The minimum absolute atomic E-state index is 0.112. The van der Waals surface area contributed by atoms with Crippen molar-refractivity contribution in [2.75, 3.05) is 6.61 Å². The highest BCUT2D eigenvalue weighted by Gasteiger charge is 2.07. The lowest BCUT2D eigenvalue weighted by molar-refractivity contribution is -0.144. The van der Waals surface area contributed by atoms with E-state index in [0.29, 0.717) is 13.2 Å². The van der Waals surface area contributed by atoms with Gasteiger partial charge in [-0.2, -0.15) is 0 Å². The maximum atomic E-state index is 11.5. The SMILES string of the molecule is CCOC(=O)CCC(=O)NCc1cccc(C)n1. The van der Waals surface area contributed by atoms with E-state index in [-0.39, 0.29) is 24.7 Å². The molecule has 0 fully saturated rings. The first-order chi connectivity index (χ1) is 8.61. The van der Waals surface area contributed by atoms with E-state index in [4.69, 9.17) is 4.74 Å². The Labute approximate surface area is 107 Å². The van der Waals surface area contributed by atoms with Gasteiger partial charge in [-0.15, -0.1) is 0 Å². The molecule has 0 unspecified atom stereocenters. The van der Waals surface area contributed by atoms with E-state index in [0.717, 1.165) is 11.4 Å². The van der Waals surface area contributed by atoms with Gasteiger partial charge in [0.2, 0.25) is 5.91 Å². The van der Waals surface area contributed by atoms with Gasteiger partial charge < -0.3 is 10.1 Å². The predicted molar refractivity (Wildman–Crippen MR) is 66.7 cm³/mol. The quantitative estimate of drug-likeness (QED) is 0.774. The van der Waals surface area contributed by atoms with Crippen molar-refractivity contribution in [2.45, 2.75) is 33.2 Å². The zero-order valence-electron chi connectivity index (χ0n) is 10.7. The van der Waals surface area contributed by atoms with Crippen LogP contribution < -0.4 is 5.32 Å². The van der Waals surface area contributed by atoms with Gasteiger partial charge in [0.15, 0.2) is 0 Å². The lowest BCUT2D eigenvalue weighted by Gasteiger charge is -2.05. The first kappa shape index (κ1) is 14.2. The number of hydrogen-bond acceptors (Lipinski definition) is 4. The van der Waals surface area contributed by atoms with Gasteiger partial charge in [0.05, 0.1) is 25.3 Å². The number of aryl methyl sites for hydroxylation is 1. The summed E-state index contributed by atoms with van der Waals surface area (Å²) in [5.74, 6) is -0.521. The van der Waals surface area contributed by atoms with E-state index in [2.05, 4.69) is 10.3 Å². The molecule has 98 valence electrons. The third-order valence-corrected chi connectivity index (χ3v) is 2.27. The number of aromatic nitrogens is 1. The average Bonchev–Trinajstić information content (AvgIpc) is 2.34. The van der Waals surface area contributed by atoms with Crippen LogP contribution >= 0.6 is 0 Å². The van der Waals surface area contributed by atoms with Crippen LogP contribution in [0.25, 0.3) is 0 Å². The first-order valence-corrected chi connectivity index (χ1v) is 5.96. The van der Waals surface area contributed by atoms with E-state index in [1.165, 1.54) is 0 Å². The molecule has 0 spiro atoms. The zero-order valence-corrected chi connectivity index (χ0v) is 10.7. The normalized spacial score (nSPS) is 9.89. The van der Waals surface area contributed by atoms with Crippen LogP contribution in [0.15, 0.2) is 18.2 Å². The third-order valence-electron chi connectivity index (χ3n) is 2.27. The molecule has 0 aliphatic carbocycles. The van der Waals surface area contributed by atoms with Crippen LogP contribution in [-0.2, 0) is 20.9 Å². The number of rotatable bonds is 6. The van der Waals surface area contributed by atoms with E-state index in [1.807, 2.05) is 25.1 Å². The van der Waals surface area contributed by atoms with Crippen molar-refractivity contribution < 1.29 is 14.3 Å². The van der Waals surface area contributed by atoms with Crippen LogP contribution in [-0.4, -0.2) is 23.5 Å². The van der Waals surface area contributed by atoms with Crippen molar-refractivity contribution in [3.8, 4) is 0 Å². The highest BCUT2D eigenvalue weighted by molar-refractivity contribution is 5.81. The van der Waals surface area contributed by atoms with Gasteiger partial charge >= 0.3 is 5.97 Å². The van der Waals surface area contributed by atoms with Gasteiger partial charge in [-0.25, -0.2) is 0 Å². The number of hydrogen-bond donors (Lipinski definition) is 1. The fourth-order valence-electron chi connectivity index (χ4n) is 1.42. The van der Waals surface area contributed by atoms with Gasteiger partial charge in [0.1, 0.15) is 0 Å². The Bertz CT molecular complexity index is 418. The summed E-state index contributed by atoms with van der Waals surface area (Å²) in [5.41, 5.74) is 1.72. The molecule has 1 heterocycles. The fourth-order valence-corrected chi connectivity index (χ4v) is 1.42. The molecular formula is C13H18N2O3. The molecule has 0 saturated heterocycles. The number of ether oxygens (including phenoxy) is 1. The number of carbonyl (C=O) groups is 2. The lowest BCUT2D eigenvalue weighted by atomic mass is 10.3. The number of nitrogens with one attached hydrogen (secondary N) is 1. The van der Waals surface area contributed by atoms with E-state index < -0.39 is 0 Å². The molecule has 0 aliphatic heterocycles. The molecule has 0 aromatic carbocycles. The van der Waals surface area contributed by atoms with E-state index >= 15 is 0 Å². The van der Waals surface area contributed by atoms with Gasteiger partial charge in [-0.3, -0.25) is 14.6 Å². The second-order valence-corrected chi connectivity index (χ2v) is 3.85. The van der Waals surface area contributed by atoms with Gasteiger partial charge in [-0.1, -0.05) is 6.07 Å². The molecule has 0 saturated carbocycles. The van der Waals surface area contributed by atoms with Crippen molar-refractivity contribution in [1.29, 1.82) is 0 Å². The number of carbonyl (C=O) groups excluding carboxylic acids is 2. The summed E-state index contributed by atoms with van der Waals surface area (Å²) in [5, 5.41) is 2.71. The Morgan fingerprint density at radius 3 is 2.78 bits per heavy atom. The monoisotopic (exact) mass is 250 g/mol. The minimum Gasteiger partial charge on any atom is -0.466 e. The molecule has 0 atom stereocenters. The predicted octanol–water partition coefficient (Wildman–Crippen LogP) is 1.35. The van der Waals surface area contributed by atoms with Crippen LogP contribution in [0.4, 0.5) is 0 Å². The second kappa shape index (κ2) is 7.42. The number of amides is 1. The Morgan fingerprint density at radius 1 is 1.33 bits per heavy atom. The third kappa shape index (κ3) is 5.43. The summed E-state index contributed by atoms with van der Waals surface area (Å²) >= 11 is 0. The summed E-state index contributed by atoms with van der Waals surface area (Å²) < 4.78 is 4.74. The summed E-state index contributed by atoms with van der Waals surface area (Å²) in [4.78, 5) is 26.8. The highest BCUT2D eigenvalue weighted by Crippen LogP contribution is 1.98. The molecule has 0 aliphatic rings. The smallest absolute Gasteiger partial charge is 0.306 e. The van der Waals surface area contributed by atoms with Crippen LogP contribution in [0.1, 0.15) is 31.2 Å². The molecule has 0 bridgehead atoms.